The lowest BCUT2D eigenvalue weighted by atomic mass is 10.3. The number of H-pyrrole nitrogens is 1. The Morgan fingerprint density at radius 3 is 2.87 bits per heavy atom. The third-order valence-electron chi connectivity index (χ3n) is 2.65. The summed E-state index contributed by atoms with van der Waals surface area (Å²) >= 11 is 0. The number of nitrogens with one attached hydrogen (secondary N) is 1. The van der Waals surface area contributed by atoms with Crippen LogP contribution in [0.15, 0.2) is 12.3 Å². The standard InChI is InChI=1S/C11H17N3O/c1-2-5-14(9-3-4-9)11(15)10-6-8(12)7-13-10/h6-7,9,13H,2-5,12H2,1H3. The fraction of sp³-hybridized carbons (Fsp3) is 0.545. The Morgan fingerprint density at radius 2 is 2.40 bits per heavy atom. The van der Waals surface area contributed by atoms with Gasteiger partial charge in [0.25, 0.3) is 5.91 Å². The third kappa shape index (κ3) is 2.14. The van der Waals surface area contributed by atoms with Gasteiger partial charge in [0.2, 0.25) is 0 Å². The minimum Gasteiger partial charge on any atom is -0.397 e. The summed E-state index contributed by atoms with van der Waals surface area (Å²) in [6, 6.07) is 2.16. The fourth-order valence-electron chi connectivity index (χ4n) is 1.77. The van der Waals surface area contributed by atoms with Crippen molar-refractivity contribution in [2.75, 3.05) is 12.3 Å². The Balaban J connectivity index is 2.10. The molecule has 4 nitrogen and oxygen atoms in total. The van der Waals surface area contributed by atoms with Crippen LogP contribution in [0, 0.1) is 0 Å². The summed E-state index contributed by atoms with van der Waals surface area (Å²) in [6.07, 6.45) is 4.94. The molecular formula is C11H17N3O. The van der Waals surface area contributed by atoms with Gasteiger partial charge in [-0.3, -0.25) is 4.79 Å². The maximum absolute atomic E-state index is 12.1. The topological polar surface area (TPSA) is 62.1 Å². The van der Waals surface area contributed by atoms with E-state index in [2.05, 4.69) is 11.9 Å². The van der Waals surface area contributed by atoms with Crippen molar-refractivity contribution in [2.45, 2.75) is 32.2 Å². The van der Waals surface area contributed by atoms with Crippen LogP contribution in [0.25, 0.3) is 0 Å². The molecule has 0 atom stereocenters. The molecule has 0 saturated heterocycles. The Kier molecular flexibility index (Phi) is 2.66. The minimum atomic E-state index is 0.0797. The van der Waals surface area contributed by atoms with Gasteiger partial charge in [0.1, 0.15) is 5.69 Å². The highest BCUT2D eigenvalue weighted by Crippen LogP contribution is 2.28. The van der Waals surface area contributed by atoms with Gasteiger partial charge < -0.3 is 15.6 Å². The van der Waals surface area contributed by atoms with E-state index in [0.717, 1.165) is 25.8 Å². The van der Waals surface area contributed by atoms with E-state index >= 15 is 0 Å². The van der Waals surface area contributed by atoms with Crippen molar-refractivity contribution in [1.82, 2.24) is 9.88 Å². The Morgan fingerprint density at radius 1 is 1.67 bits per heavy atom. The summed E-state index contributed by atoms with van der Waals surface area (Å²) in [5.74, 6) is 0.0797. The molecule has 0 aliphatic heterocycles. The highest BCUT2D eigenvalue weighted by atomic mass is 16.2. The molecule has 1 saturated carbocycles. The molecule has 2 rings (SSSR count). The number of nitrogen functional groups attached to an aromatic ring is 1. The van der Waals surface area contributed by atoms with Gasteiger partial charge in [0.15, 0.2) is 0 Å². The minimum absolute atomic E-state index is 0.0797. The molecule has 1 heterocycles. The number of nitrogens with zero attached hydrogens (tertiary/aromatic N) is 1. The molecule has 1 aromatic rings. The smallest absolute Gasteiger partial charge is 0.270 e. The molecule has 0 bridgehead atoms. The van der Waals surface area contributed by atoms with Crippen molar-refractivity contribution in [1.29, 1.82) is 0 Å². The maximum atomic E-state index is 12.1. The second-order valence-corrected chi connectivity index (χ2v) is 4.08. The number of rotatable bonds is 4. The molecule has 0 unspecified atom stereocenters. The molecule has 1 aliphatic carbocycles. The first-order valence-corrected chi connectivity index (χ1v) is 5.47. The van der Waals surface area contributed by atoms with E-state index in [1.54, 1.807) is 12.3 Å². The van der Waals surface area contributed by atoms with E-state index in [9.17, 15) is 4.79 Å². The van der Waals surface area contributed by atoms with Crippen LogP contribution in [-0.4, -0.2) is 28.4 Å². The number of carbonyl (C=O) groups excluding carboxylic acids is 1. The van der Waals surface area contributed by atoms with Crippen molar-refractivity contribution in [3.63, 3.8) is 0 Å². The first kappa shape index (κ1) is 10.1. The van der Waals surface area contributed by atoms with Gasteiger partial charge in [-0.1, -0.05) is 6.92 Å². The fourth-order valence-corrected chi connectivity index (χ4v) is 1.77. The molecule has 1 aromatic heterocycles. The van der Waals surface area contributed by atoms with Crippen LogP contribution >= 0.6 is 0 Å². The number of nitrogens with two attached hydrogens (primary N) is 1. The van der Waals surface area contributed by atoms with E-state index in [4.69, 9.17) is 5.73 Å². The molecule has 1 amide bonds. The molecular weight excluding hydrogens is 190 g/mol. The van der Waals surface area contributed by atoms with Gasteiger partial charge in [-0.2, -0.15) is 0 Å². The van der Waals surface area contributed by atoms with E-state index in [1.165, 1.54) is 0 Å². The molecule has 3 N–H and O–H groups in total. The zero-order valence-corrected chi connectivity index (χ0v) is 8.99. The summed E-state index contributed by atoms with van der Waals surface area (Å²) < 4.78 is 0. The quantitative estimate of drug-likeness (QED) is 0.788. The Hall–Kier alpha value is -1.45. The van der Waals surface area contributed by atoms with Gasteiger partial charge in [-0.25, -0.2) is 0 Å². The van der Waals surface area contributed by atoms with Crippen LogP contribution in [0.5, 0.6) is 0 Å². The Labute approximate surface area is 89.5 Å². The average molecular weight is 207 g/mol. The second-order valence-electron chi connectivity index (χ2n) is 4.08. The van der Waals surface area contributed by atoms with Gasteiger partial charge in [0.05, 0.1) is 0 Å². The SMILES string of the molecule is CCCN(C(=O)c1cc(N)c[nH]1)C1CC1. The van der Waals surface area contributed by atoms with Gasteiger partial charge in [-0.05, 0) is 25.3 Å². The number of aromatic nitrogens is 1. The zero-order valence-electron chi connectivity index (χ0n) is 8.99. The normalized spacial score (nSPS) is 15.3. The molecule has 0 spiro atoms. The van der Waals surface area contributed by atoms with E-state index in [-0.39, 0.29) is 5.91 Å². The van der Waals surface area contributed by atoms with Crippen LogP contribution in [0.2, 0.25) is 0 Å². The second kappa shape index (κ2) is 3.96. The molecule has 1 fully saturated rings. The predicted molar refractivity (Wildman–Crippen MR) is 59.6 cm³/mol. The average Bonchev–Trinajstić information content (AvgIpc) is 2.96. The van der Waals surface area contributed by atoms with Crippen LogP contribution in [0.1, 0.15) is 36.7 Å². The van der Waals surface area contributed by atoms with Crippen LogP contribution in [0.3, 0.4) is 0 Å². The van der Waals surface area contributed by atoms with E-state index < -0.39 is 0 Å². The van der Waals surface area contributed by atoms with Crippen molar-refractivity contribution in [2.24, 2.45) is 0 Å². The van der Waals surface area contributed by atoms with Gasteiger partial charge in [0, 0.05) is 24.5 Å². The highest BCUT2D eigenvalue weighted by Gasteiger charge is 2.32. The Bertz CT molecular complexity index is 354. The number of amides is 1. The van der Waals surface area contributed by atoms with Gasteiger partial charge >= 0.3 is 0 Å². The number of hydrogen-bond acceptors (Lipinski definition) is 2. The van der Waals surface area contributed by atoms with E-state index in [0.29, 0.717) is 17.4 Å². The van der Waals surface area contributed by atoms with Gasteiger partial charge in [-0.15, -0.1) is 0 Å². The lowest BCUT2D eigenvalue weighted by Gasteiger charge is -2.20. The van der Waals surface area contributed by atoms with Crippen LogP contribution in [-0.2, 0) is 0 Å². The van der Waals surface area contributed by atoms with Crippen molar-refractivity contribution >= 4 is 11.6 Å². The molecule has 0 aromatic carbocycles. The largest absolute Gasteiger partial charge is 0.397 e. The molecule has 82 valence electrons. The summed E-state index contributed by atoms with van der Waals surface area (Å²) in [6.45, 7) is 2.92. The van der Waals surface area contributed by atoms with Crippen molar-refractivity contribution in [3.05, 3.63) is 18.0 Å². The van der Waals surface area contributed by atoms with Crippen LogP contribution < -0.4 is 5.73 Å². The number of carbonyl (C=O) groups is 1. The number of aromatic amines is 1. The summed E-state index contributed by atoms with van der Waals surface area (Å²) in [4.78, 5) is 16.9. The number of anilines is 1. The number of hydrogen-bond donors (Lipinski definition) is 2. The lowest BCUT2D eigenvalue weighted by molar-refractivity contribution is 0.0738. The first-order valence-electron chi connectivity index (χ1n) is 5.47. The molecule has 4 heteroatoms. The summed E-state index contributed by atoms with van der Waals surface area (Å²) in [5, 5.41) is 0. The molecule has 15 heavy (non-hydrogen) atoms. The van der Waals surface area contributed by atoms with E-state index in [1.807, 2.05) is 4.90 Å². The monoisotopic (exact) mass is 207 g/mol. The molecule has 1 aliphatic rings. The van der Waals surface area contributed by atoms with Crippen LogP contribution in [0.4, 0.5) is 5.69 Å². The summed E-state index contributed by atoms with van der Waals surface area (Å²) in [7, 11) is 0. The predicted octanol–water partition coefficient (Wildman–Crippen LogP) is 1.61. The third-order valence-corrected chi connectivity index (χ3v) is 2.65. The zero-order chi connectivity index (χ0) is 10.8. The summed E-state index contributed by atoms with van der Waals surface area (Å²) in [5.41, 5.74) is 6.80. The molecule has 0 radical (unpaired) electrons. The highest BCUT2D eigenvalue weighted by molar-refractivity contribution is 5.93. The maximum Gasteiger partial charge on any atom is 0.270 e. The lowest BCUT2D eigenvalue weighted by Crippen LogP contribution is -2.33. The first-order chi connectivity index (χ1) is 7.22. The van der Waals surface area contributed by atoms with Crippen molar-refractivity contribution in [3.8, 4) is 0 Å². The van der Waals surface area contributed by atoms with Crippen molar-refractivity contribution < 1.29 is 4.79 Å².